The zero-order valence-electron chi connectivity index (χ0n) is 17.8. The third kappa shape index (κ3) is 3.70. The van der Waals surface area contributed by atoms with Gasteiger partial charge in [0, 0.05) is 18.0 Å². The molecule has 7 nitrogen and oxygen atoms in total. The van der Waals surface area contributed by atoms with E-state index in [0.717, 1.165) is 42.2 Å². The molecule has 0 amide bonds. The number of anilines is 1. The summed E-state index contributed by atoms with van der Waals surface area (Å²) >= 11 is 0. The van der Waals surface area contributed by atoms with Crippen LogP contribution in [0.2, 0.25) is 0 Å². The maximum atomic E-state index is 13.3. The second-order valence-corrected chi connectivity index (χ2v) is 8.96. The number of halogens is 1. The summed E-state index contributed by atoms with van der Waals surface area (Å²) < 4.78 is 24.5. The lowest BCUT2D eigenvalue weighted by atomic mass is 9.92. The molecule has 0 aliphatic heterocycles. The fourth-order valence-corrected chi connectivity index (χ4v) is 4.55. The van der Waals surface area contributed by atoms with Crippen LogP contribution in [0.4, 0.5) is 10.4 Å². The number of nitrogens with zero attached hydrogens (tertiary/aromatic N) is 2. The van der Waals surface area contributed by atoms with Gasteiger partial charge in [0.2, 0.25) is 0 Å². The lowest BCUT2D eigenvalue weighted by Gasteiger charge is -2.23. The molecule has 168 valence electrons. The lowest BCUT2D eigenvalue weighted by Crippen LogP contribution is -2.31. The molecule has 6 rings (SSSR count). The predicted molar refractivity (Wildman–Crippen MR) is 119 cm³/mol. The van der Waals surface area contributed by atoms with Crippen molar-refractivity contribution >= 4 is 17.0 Å². The Kier molecular flexibility index (Phi) is 4.58. The average Bonchev–Trinajstić information content (AvgIpc) is 3.74. The largest absolute Gasteiger partial charge is 0.423 e. The fourth-order valence-electron chi connectivity index (χ4n) is 4.55. The monoisotopic (exact) mass is 447 g/mol. The third-order valence-electron chi connectivity index (χ3n) is 6.57. The first-order chi connectivity index (χ1) is 16.0. The van der Waals surface area contributed by atoms with Gasteiger partial charge in [0.05, 0.1) is 0 Å². The molecule has 0 unspecified atom stereocenters. The van der Waals surface area contributed by atoms with Gasteiger partial charge in [-0.3, -0.25) is 0 Å². The van der Waals surface area contributed by atoms with Crippen molar-refractivity contribution < 1.29 is 18.3 Å². The van der Waals surface area contributed by atoms with Crippen LogP contribution in [0.5, 0.6) is 0 Å². The molecule has 0 bridgehead atoms. The number of hydrogen-bond acceptors (Lipinski definition) is 7. The van der Waals surface area contributed by atoms with Gasteiger partial charge in [-0.2, -0.15) is 0 Å². The molecule has 0 spiro atoms. The normalized spacial score (nSPS) is 16.3. The van der Waals surface area contributed by atoms with Crippen LogP contribution in [0.3, 0.4) is 0 Å². The van der Waals surface area contributed by atoms with Crippen molar-refractivity contribution in [1.82, 2.24) is 10.2 Å². The molecule has 0 saturated heterocycles. The molecule has 2 aromatic carbocycles. The quantitative estimate of drug-likeness (QED) is 0.399. The van der Waals surface area contributed by atoms with Gasteiger partial charge in [-0.25, -0.2) is 9.18 Å². The van der Waals surface area contributed by atoms with Crippen molar-refractivity contribution in [2.75, 3.05) is 5.32 Å². The summed E-state index contributed by atoms with van der Waals surface area (Å²) in [4.78, 5) is 12.1. The maximum absolute atomic E-state index is 13.3. The van der Waals surface area contributed by atoms with E-state index in [9.17, 15) is 14.3 Å². The van der Waals surface area contributed by atoms with Crippen LogP contribution < -0.4 is 10.9 Å². The number of fused-ring (bicyclic) bond motifs is 1. The van der Waals surface area contributed by atoms with Crippen molar-refractivity contribution in [1.29, 1.82) is 0 Å². The molecule has 2 N–H and O–H groups in total. The Labute approximate surface area is 188 Å². The van der Waals surface area contributed by atoms with E-state index in [1.165, 1.54) is 18.2 Å². The number of hydrogen-bond donors (Lipinski definition) is 2. The Hall–Kier alpha value is -3.52. The first-order valence-electron chi connectivity index (χ1n) is 11.1. The van der Waals surface area contributed by atoms with Gasteiger partial charge >= 0.3 is 11.6 Å². The fraction of sp³-hybridized carbons (Fsp3) is 0.320. The summed E-state index contributed by atoms with van der Waals surface area (Å²) in [6, 6.07) is 13.2. The Morgan fingerprint density at radius 3 is 2.42 bits per heavy atom. The first kappa shape index (κ1) is 20.1. The van der Waals surface area contributed by atoms with Crippen LogP contribution in [0.1, 0.15) is 37.1 Å². The highest BCUT2D eigenvalue weighted by Crippen LogP contribution is 2.57. The topological polar surface area (TPSA) is 101 Å². The SMILES string of the molecule is O=c1cc(-c2ccc(F)cc2)c2ccc(CNc3nnc(C(O)(C4CC4)C4CC4)o3)cc2o1. The molecule has 33 heavy (non-hydrogen) atoms. The average molecular weight is 447 g/mol. The molecule has 2 fully saturated rings. The van der Waals surface area contributed by atoms with Crippen LogP contribution in [0.15, 0.2) is 62.2 Å². The summed E-state index contributed by atoms with van der Waals surface area (Å²) in [6.45, 7) is 0.368. The molecule has 2 heterocycles. The number of aromatic nitrogens is 2. The highest BCUT2D eigenvalue weighted by atomic mass is 19.1. The Morgan fingerprint density at radius 1 is 1.00 bits per heavy atom. The minimum Gasteiger partial charge on any atom is -0.423 e. The van der Waals surface area contributed by atoms with Gasteiger partial charge < -0.3 is 19.3 Å². The third-order valence-corrected chi connectivity index (χ3v) is 6.57. The van der Waals surface area contributed by atoms with E-state index in [2.05, 4.69) is 15.5 Å². The van der Waals surface area contributed by atoms with Crippen LogP contribution in [0.25, 0.3) is 22.1 Å². The minimum absolute atomic E-state index is 0.206. The van der Waals surface area contributed by atoms with Crippen molar-refractivity contribution in [2.24, 2.45) is 11.8 Å². The first-order valence-corrected chi connectivity index (χ1v) is 11.1. The lowest BCUT2D eigenvalue weighted by molar-refractivity contribution is -0.0343. The molecule has 0 atom stereocenters. The molecular formula is C25H22FN3O4. The second kappa shape index (κ2) is 7.52. The summed E-state index contributed by atoms with van der Waals surface area (Å²) in [7, 11) is 0. The zero-order chi connectivity index (χ0) is 22.6. The molecule has 4 aromatic rings. The van der Waals surface area contributed by atoms with Gasteiger partial charge in [0.1, 0.15) is 17.0 Å². The zero-order valence-corrected chi connectivity index (χ0v) is 17.8. The Balaban J connectivity index is 1.24. The van der Waals surface area contributed by atoms with E-state index in [-0.39, 0.29) is 23.7 Å². The Bertz CT molecular complexity index is 1380. The molecule has 0 radical (unpaired) electrons. The van der Waals surface area contributed by atoms with Crippen LogP contribution in [-0.2, 0) is 12.1 Å². The number of benzene rings is 2. The summed E-state index contributed by atoms with van der Waals surface area (Å²) in [5, 5.41) is 23.2. The van der Waals surface area contributed by atoms with Gasteiger partial charge in [-0.1, -0.05) is 29.4 Å². The standard InChI is InChI=1S/C25H22FN3O4/c26-18-8-2-15(3-9-18)20-12-22(30)32-21-11-14(1-10-19(20)21)13-27-24-29-28-23(33-24)25(31,16-4-5-16)17-6-7-17/h1-3,8-12,16-17,31H,4-7,13H2,(H,27,29). The predicted octanol–water partition coefficient (Wildman–Crippen LogP) is 4.60. The van der Waals surface area contributed by atoms with Gasteiger partial charge in [0.15, 0.2) is 0 Å². The number of aliphatic hydroxyl groups is 1. The highest BCUT2D eigenvalue weighted by Gasteiger charge is 2.57. The van der Waals surface area contributed by atoms with E-state index in [0.29, 0.717) is 23.6 Å². The molecule has 2 aromatic heterocycles. The van der Waals surface area contributed by atoms with E-state index >= 15 is 0 Å². The maximum Gasteiger partial charge on any atom is 0.336 e. The molecule has 8 heteroatoms. The van der Waals surface area contributed by atoms with Gasteiger partial charge in [-0.15, -0.1) is 5.10 Å². The van der Waals surface area contributed by atoms with Gasteiger partial charge in [-0.05, 0) is 72.4 Å². The number of rotatable bonds is 7. The van der Waals surface area contributed by atoms with E-state index in [1.807, 2.05) is 12.1 Å². The van der Waals surface area contributed by atoms with Crippen molar-refractivity contribution in [3.63, 3.8) is 0 Å². The molecule has 2 aliphatic rings. The van der Waals surface area contributed by atoms with Crippen LogP contribution in [-0.4, -0.2) is 15.3 Å². The molecule has 2 aliphatic carbocycles. The highest BCUT2D eigenvalue weighted by molar-refractivity contribution is 5.93. The van der Waals surface area contributed by atoms with Crippen molar-refractivity contribution in [3.05, 3.63) is 76.2 Å². The van der Waals surface area contributed by atoms with E-state index < -0.39 is 11.2 Å². The summed E-state index contributed by atoms with van der Waals surface area (Å²) in [5.41, 5.74) is 1.22. The van der Waals surface area contributed by atoms with Gasteiger partial charge in [0.25, 0.3) is 5.89 Å². The number of nitrogens with one attached hydrogen (secondary N) is 1. The van der Waals surface area contributed by atoms with Crippen molar-refractivity contribution in [3.8, 4) is 11.1 Å². The second-order valence-electron chi connectivity index (χ2n) is 8.96. The Morgan fingerprint density at radius 2 is 1.73 bits per heavy atom. The minimum atomic E-state index is -1.00. The summed E-state index contributed by atoms with van der Waals surface area (Å²) in [6.07, 6.45) is 3.95. The molecule has 2 saturated carbocycles. The molecular weight excluding hydrogens is 425 g/mol. The van der Waals surface area contributed by atoms with E-state index in [1.54, 1.807) is 18.2 Å². The smallest absolute Gasteiger partial charge is 0.336 e. The van der Waals surface area contributed by atoms with Crippen LogP contribution >= 0.6 is 0 Å². The van der Waals surface area contributed by atoms with Crippen molar-refractivity contribution in [2.45, 2.75) is 37.8 Å². The van der Waals surface area contributed by atoms with E-state index in [4.69, 9.17) is 8.83 Å². The summed E-state index contributed by atoms with van der Waals surface area (Å²) in [5.74, 6) is 0.369. The van der Waals surface area contributed by atoms with Crippen LogP contribution in [0, 0.1) is 17.7 Å².